The van der Waals surface area contributed by atoms with Crippen LogP contribution >= 0.6 is 11.6 Å². The summed E-state index contributed by atoms with van der Waals surface area (Å²) in [7, 11) is 0. The third-order valence-electron chi connectivity index (χ3n) is 5.37. The maximum atomic E-state index is 12.3. The van der Waals surface area contributed by atoms with Gasteiger partial charge in [-0.2, -0.15) is 0 Å². The molecule has 1 aliphatic heterocycles. The lowest BCUT2D eigenvalue weighted by Crippen LogP contribution is -2.50. The molecular weight excluding hydrogens is 400 g/mol. The van der Waals surface area contributed by atoms with Crippen molar-refractivity contribution in [1.29, 1.82) is 0 Å². The van der Waals surface area contributed by atoms with E-state index in [9.17, 15) is 9.59 Å². The SMILES string of the molecule is CCc1ccccc1NC(=O)CNC(=O)CN1CCN(c2cc(Cl)ccc2C)CC1. The Morgan fingerprint density at radius 1 is 1.03 bits per heavy atom. The lowest BCUT2D eigenvalue weighted by Gasteiger charge is -2.36. The van der Waals surface area contributed by atoms with E-state index in [2.05, 4.69) is 27.4 Å². The highest BCUT2D eigenvalue weighted by Crippen LogP contribution is 2.25. The highest BCUT2D eigenvalue weighted by molar-refractivity contribution is 6.30. The summed E-state index contributed by atoms with van der Waals surface area (Å²) in [5.41, 5.74) is 4.22. The average Bonchev–Trinajstić information content (AvgIpc) is 2.75. The van der Waals surface area contributed by atoms with Gasteiger partial charge < -0.3 is 15.5 Å². The molecule has 2 aromatic rings. The van der Waals surface area contributed by atoms with Crippen LogP contribution in [0, 0.1) is 6.92 Å². The number of rotatable bonds is 7. The van der Waals surface area contributed by atoms with Gasteiger partial charge in [0.05, 0.1) is 13.1 Å². The molecule has 0 aromatic heterocycles. The van der Waals surface area contributed by atoms with E-state index >= 15 is 0 Å². The number of nitrogens with zero attached hydrogens (tertiary/aromatic N) is 2. The number of benzene rings is 2. The van der Waals surface area contributed by atoms with Gasteiger partial charge in [0, 0.05) is 42.6 Å². The Morgan fingerprint density at radius 3 is 2.50 bits per heavy atom. The number of piperazine rings is 1. The summed E-state index contributed by atoms with van der Waals surface area (Å²) >= 11 is 6.14. The molecule has 7 heteroatoms. The largest absolute Gasteiger partial charge is 0.369 e. The number of carbonyl (C=O) groups excluding carboxylic acids is 2. The van der Waals surface area contributed by atoms with Crippen molar-refractivity contribution in [3.8, 4) is 0 Å². The Hall–Kier alpha value is -2.57. The quantitative estimate of drug-likeness (QED) is 0.711. The van der Waals surface area contributed by atoms with Gasteiger partial charge >= 0.3 is 0 Å². The number of hydrogen-bond donors (Lipinski definition) is 2. The van der Waals surface area contributed by atoms with Gasteiger partial charge in [-0.25, -0.2) is 0 Å². The van der Waals surface area contributed by atoms with Crippen LogP contribution in [0.1, 0.15) is 18.1 Å². The zero-order valence-corrected chi connectivity index (χ0v) is 18.3. The normalized spacial score (nSPS) is 14.4. The molecular formula is C23H29ClN4O2. The van der Waals surface area contributed by atoms with Crippen molar-refractivity contribution >= 4 is 34.8 Å². The van der Waals surface area contributed by atoms with Gasteiger partial charge in [0.25, 0.3) is 0 Å². The van der Waals surface area contributed by atoms with Gasteiger partial charge in [0.15, 0.2) is 0 Å². The minimum Gasteiger partial charge on any atom is -0.369 e. The number of nitrogens with one attached hydrogen (secondary N) is 2. The third-order valence-corrected chi connectivity index (χ3v) is 5.60. The Labute approximate surface area is 183 Å². The first kappa shape index (κ1) is 22.1. The monoisotopic (exact) mass is 428 g/mol. The van der Waals surface area contributed by atoms with E-state index in [0.717, 1.165) is 54.6 Å². The van der Waals surface area contributed by atoms with E-state index in [1.807, 2.05) is 49.4 Å². The smallest absolute Gasteiger partial charge is 0.243 e. The number of aryl methyl sites for hydroxylation is 2. The molecule has 0 atom stereocenters. The first-order valence-electron chi connectivity index (χ1n) is 10.3. The summed E-state index contributed by atoms with van der Waals surface area (Å²) in [5, 5.41) is 6.33. The van der Waals surface area contributed by atoms with Gasteiger partial charge in [-0.05, 0) is 42.7 Å². The van der Waals surface area contributed by atoms with E-state index in [1.54, 1.807) is 0 Å². The van der Waals surface area contributed by atoms with Gasteiger partial charge in [0.1, 0.15) is 0 Å². The number of amides is 2. The third kappa shape index (κ3) is 5.97. The van der Waals surface area contributed by atoms with E-state index < -0.39 is 0 Å². The second-order valence-electron chi connectivity index (χ2n) is 7.53. The van der Waals surface area contributed by atoms with Crippen LogP contribution in [-0.4, -0.2) is 56.0 Å². The molecule has 2 aromatic carbocycles. The molecule has 2 amide bonds. The fourth-order valence-electron chi connectivity index (χ4n) is 3.65. The molecule has 0 unspecified atom stereocenters. The molecule has 0 radical (unpaired) electrons. The second-order valence-corrected chi connectivity index (χ2v) is 7.97. The van der Waals surface area contributed by atoms with E-state index in [1.165, 1.54) is 5.56 Å². The summed E-state index contributed by atoms with van der Waals surface area (Å²) in [6.07, 6.45) is 0.837. The number of carbonyl (C=O) groups is 2. The molecule has 0 spiro atoms. The van der Waals surface area contributed by atoms with Gasteiger partial charge in [-0.1, -0.05) is 42.8 Å². The number of anilines is 2. The predicted octanol–water partition coefficient (Wildman–Crippen LogP) is 3.09. The summed E-state index contributed by atoms with van der Waals surface area (Å²) in [4.78, 5) is 28.9. The van der Waals surface area contributed by atoms with Crippen LogP contribution < -0.4 is 15.5 Å². The standard InChI is InChI=1S/C23H29ClN4O2/c1-3-18-6-4-5-7-20(18)26-22(29)15-25-23(30)16-27-10-12-28(13-11-27)21-14-19(24)9-8-17(21)2/h4-9,14H,3,10-13,15-16H2,1-2H3,(H,25,30)(H,26,29). The fraction of sp³-hybridized carbons (Fsp3) is 0.391. The van der Waals surface area contributed by atoms with Crippen molar-refractivity contribution in [2.75, 3.05) is 49.5 Å². The van der Waals surface area contributed by atoms with Crippen molar-refractivity contribution in [3.05, 3.63) is 58.6 Å². The van der Waals surface area contributed by atoms with Crippen LogP contribution in [-0.2, 0) is 16.0 Å². The Bertz CT molecular complexity index is 895. The molecule has 1 saturated heterocycles. The molecule has 3 rings (SSSR count). The zero-order valence-electron chi connectivity index (χ0n) is 17.6. The van der Waals surface area contributed by atoms with E-state index in [0.29, 0.717) is 6.54 Å². The average molecular weight is 429 g/mol. The van der Waals surface area contributed by atoms with Crippen molar-refractivity contribution in [2.24, 2.45) is 0 Å². The molecule has 160 valence electrons. The fourth-order valence-corrected chi connectivity index (χ4v) is 3.82. The molecule has 6 nitrogen and oxygen atoms in total. The predicted molar refractivity (Wildman–Crippen MR) is 122 cm³/mol. The lowest BCUT2D eigenvalue weighted by atomic mass is 10.1. The van der Waals surface area contributed by atoms with Gasteiger partial charge in [-0.15, -0.1) is 0 Å². The summed E-state index contributed by atoms with van der Waals surface area (Å²) in [6, 6.07) is 13.6. The summed E-state index contributed by atoms with van der Waals surface area (Å²) in [5.74, 6) is -0.355. The highest BCUT2D eigenvalue weighted by atomic mass is 35.5. The molecule has 1 heterocycles. The van der Waals surface area contributed by atoms with Crippen molar-refractivity contribution in [3.63, 3.8) is 0 Å². The number of halogens is 1. The van der Waals surface area contributed by atoms with Crippen LogP contribution in [0.3, 0.4) is 0 Å². The molecule has 1 aliphatic rings. The molecule has 0 bridgehead atoms. The first-order chi connectivity index (χ1) is 14.5. The first-order valence-corrected chi connectivity index (χ1v) is 10.7. The lowest BCUT2D eigenvalue weighted by molar-refractivity contribution is -0.125. The van der Waals surface area contributed by atoms with E-state index in [-0.39, 0.29) is 18.4 Å². The minimum atomic E-state index is -0.217. The van der Waals surface area contributed by atoms with Crippen LogP contribution in [0.4, 0.5) is 11.4 Å². The maximum absolute atomic E-state index is 12.3. The van der Waals surface area contributed by atoms with Crippen LogP contribution in [0.5, 0.6) is 0 Å². The molecule has 0 aliphatic carbocycles. The molecule has 2 N–H and O–H groups in total. The Morgan fingerprint density at radius 2 is 1.77 bits per heavy atom. The summed E-state index contributed by atoms with van der Waals surface area (Å²) < 4.78 is 0. The topological polar surface area (TPSA) is 64.7 Å². The molecule has 30 heavy (non-hydrogen) atoms. The molecule has 0 saturated carbocycles. The van der Waals surface area contributed by atoms with Crippen molar-refractivity contribution in [2.45, 2.75) is 20.3 Å². The van der Waals surface area contributed by atoms with Crippen molar-refractivity contribution in [1.82, 2.24) is 10.2 Å². The minimum absolute atomic E-state index is 0.0292. The number of hydrogen-bond acceptors (Lipinski definition) is 4. The maximum Gasteiger partial charge on any atom is 0.243 e. The number of para-hydroxylation sites is 1. The van der Waals surface area contributed by atoms with Crippen LogP contribution in [0.15, 0.2) is 42.5 Å². The van der Waals surface area contributed by atoms with Gasteiger partial charge in [0.2, 0.25) is 11.8 Å². The molecule has 1 fully saturated rings. The van der Waals surface area contributed by atoms with Crippen LogP contribution in [0.25, 0.3) is 0 Å². The van der Waals surface area contributed by atoms with Crippen molar-refractivity contribution < 1.29 is 9.59 Å². The highest BCUT2D eigenvalue weighted by Gasteiger charge is 2.20. The zero-order chi connectivity index (χ0) is 21.5. The van der Waals surface area contributed by atoms with E-state index in [4.69, 9.17) is 11.6 Å². The van der Waals surface area contributed by atoms with Crippen LogP contribution in [0.2, 0.25) is 5.02 Å². The Kier molecular flexibility index (Phi) is 7.71. The summed E-state index contributed by atoms with van der Waals surface area (Å²) in [6.45, 7) is 7.63. The second kappa shape index (κ2) is 10.5. The van der Waals surface area contributed by atoms with Gasteiger partial charge in [-0.3, -0.25) is 14.5 Å². The Balaban J connectivity index is 1.41.